The van der Waals surface area contributed by atoms with E-state index in [0.717, 1.165) is 23.5 Å². The van der Waals surface area contributed by atoms with E-state index in [0.29, 0.717) is 23.5 Å². The van der Waals surface area contributed by atoms with Crippen LogP contribution in [0.4, 0.5) is 10.7 Å². The van der Waals surface area contributed by atoms with E-state index in [1.165, 1.54) is 41.2 Å². The average molecular weight is 612 g/mol. The molecule has 8 nitrogen and oxygen atoms in total. The van der Waals surface area contributed by atoms with Crippen LogP contribution in [0.2, 0.25) is 0 Å². The highest BCUT2D eigenvalue weighted by molar-refractivity contribution is 7.92. The highest BCUT2D eigenvalue weighted by Crippen LogP contribution is 2.38. The Kier molecular flexibility index (Phi) is 9.82. The summed E-state index contributed by atoms with van der Waals surface area (Å²) in [6.45, 7) is 4.14. The topological polar surface area (TPSA) is 105 Å². The summed E-state index contributed by atoms with van der Waals surface area (Å²) < 4.78 is 33.8. The first-order valence-electron chi connectivity index (χ1n) is 12.9. The van der Waals surface area contributed by atoms with E-state index in [-0.39, 0.29) is 35.2 Å². The van der Waals surface area contributed by atoms with Gasteiger partial charge in [0.15, 0.2) is 0 Å². The number of sulfonamides is 1. The van der Waals surface area contributed by atoms with Crippen LogP contribution in [-0.2, 0) is 34.3 Å². The Balaban J connectivity index is 0.00000387. The monoisotopic (exact) mass is 611 g/mol. The first-order valence-corrected chi connectivity index (χ1v) is 15.2. The van der Waals surface area contributed by atoms with Gasteiger partial charge in [0.05, 0.1) is 28.3 Å². The predicted molar refractivity (Wildman–Crippen MR) is 163 cm³/mol. The molecule has 0 bridgehead atoms. The Hall–Kier alpha value is -3.70. The number of amides is 1. The maximum absolute atomic E-state index is 13.5. The number of rotatable bonds is 9. The number of esters is 1. The van der Waals surface area contributed by atoms with Gasteiger partial charge >= 0.3 is 5.97 Å². The van der Waals surface area contributed by atoms with Gasteiger partial charge in [-0.15, -0.1) is 23.7 Å². The fourth-order valence-corrected chi connectivity index (χ4v) is 7.06. The zero-order chi connectivity index (χ0) is 28.1. The second kappa shape index (κ2) is 13.3. The number of ether oxygens (including phenoxy) is 1. The van der Waals surface area contributed by atoms with Gasteiger partial charge in [0.2, 0.25) is 0 Å². The number of hydrogen-bond donors (Lipinski definition) is 2. The van der Waals surface area contributed by atoms with Crippen LogP contribution in [-0.4, -0.2) is 38.3 Å². The third-order valence-electron chi connectivity index (χ3n) is 6.56. The molecule has 0 aliphatic carbocycles. The molecule has 11 heteroatoms. The Morgan fingerprint density at radius 1 is 0.951 bits per heavy atom. The van der Waals surface area contributed by atoms with Crippen molar-refractivity contribution in [3.8, 4) is 0 Å². The van der Waals surface area contributed by atoms with Crippen molar-refractivity contribution >= 4 is 56.3 Å². The maximum atomic E-state index is 13.5. The van der Waals surface area contributed by atoms with E-state index >= 15 is 0 Å². The molecule has 214 valence electrons. The maximum Gasteiger partial charge on any atom is 0.341 e. The summed E-state index contributed by atoms with van der Waals surface area (Å²) in [6, 6.07) is 24.5. The van der Waals surface area contributed by atoms with Gasteiger partial charge in [-0.2, -0.15) is 0 Å². The van der Waals surface area contributed by atoms with E-state index < -0.39 is 21.9 Å². The standard InChI is InChI=1S/C30H29N3O5S2.ClH/c1-2-38-30(35)27-24-17-18-33(19-21-11-5-3-6-12-21)20-26(24)39-29(27)31-28(34)23-15-9-10-16-25(23)32-40(36,37)22-13-7-4-8-14-22;/h3-16,32H,2,17-20H2,1H3,(H,31,34);1H. The second-order valence-electron chi connectivity index (χ2n) is 9.29. The minimum Gasteiger partial charge on any atom is -0.462 e. The lowest BCUT2D eigenvalue weighted by molar-refractivity contribution is 0.0526. The third kappa shape index (κ3) is 6.97. The number of halogens is 1. The molecule has 2 heterocycles. The van der Waals surface area contributed by atoms with Gasteiger partial charge < -0.3 is 10.1 Å². The van der Waals surface area contributed by atoms with Gasteiger partial charge in [-0.1, -0.05) is 60.7 Å². The number of anilines is 2. The summed E-state index contributed by atoms with van der Waals surface area (Å²) in [7, 11) is -3.91. The smallest absolute Gasteiger partial charge is 0.341 e. The molecule has 41 heavy (non-hydrogen) atoms. The summed E-state index contributed by atoms with van der Waals surface area (Å²) in [5.74, 6) is -1.01. The third-order valence-corrected chi connectivity index (χ3v) is 9.07. The fraction of sp³-hybridized carbons (Fsp3) is 0.200. The summed E-state index contributed by atoms with van der Waals surface area (Å²) in [5, 5.41) is 3.28. The second-order valence-corrected chi connectivity index (χ2v) is 12.1. The van der Waals surface area contributed by atoms with Crippen molar-refractivity contribution in [1.82, 2.24) is 4.90 Å². The van der Waals surface area contributed by atoms with Crippen LogP contribution in [0, 0.1) is 0 Å². The number of carbonyl (C=O) groups is 2. The van der Waals surface area contributed by atoms with Crippen molar-refractivity contribution in [2.45, 2.75) is 31.3 Å². The number of hydrogen-bond acceptors (Lipinski definition) is 7. The van der Waals surface area contributed by atoms with Crippen molar-refractivity contribution in [1.29, 1.82) is 0 Å². The van der Waals surface area contributed by atoms with Gasteiger partial charge in [-0.05, 0) is 48.7 Å². The van der Waals surface area contributed by atoms with Crippen LogP contribution in [0.5, 0.6) is 0 Å². The lowest BCUT2D eigenvalue weighted by atomic mass is 10.0. The molecule has 0 atom stereocenters. The zero-order valence-electron chi connectivity index (χ0n) is 22.3. The molecule has 5 rings (SSSR count). The van der Waals surface area contributed by atoms with Crippen molar-refractivity contribution in [3.63, 3.8) is 0 Å². The first-order chi connectivity index (χ1) is 19.4. The van der Waals surface area contributed by atoms with E-state index in [2.05, 4.69) is 27.1 Å². The van der Waals surface area contributed by atoms with E-state index in [1.807, 2.05) is 18.2 Å². The molecule has 0 radical (unpaired) electrons. The highest BCUT2D eigenvalue weighted by atomic mass is 35.5. The van der Waals surface area contributed by atoms with E-state index in [9.17, 15) is 18.0 Å². The fourth-order valence-electron chi connectivity index (χ4n) is 4.68. The SMILES string of the molecule is CCOC(=O)c1c(NC(=O)c2ccccc2NS(=O)(=O)c2ccccc2)sc2c1CCN(Cc1ccccc1)C2.Cl. The van der Waals surface area contributed by atoms with Crippen LogP contribution in [0.3, 0.4) is 0 Å². The molecule has 1 aliphatic rings. The zero-order valence-corrected chi connectivity index (χ0v) is 24.8. The molecule has 0 fully saturated rings. The summed E-state index contributed by atoms with van der Waals surface area (Å²) >= 11 is 1.36. The Morgan fingerprint density at radius 3 is 2.32 bits per heavy atom. The lowest BCUT2D eigenvalue weighted by Crippen LogP contribution is -2.30. The van der Waals surface area contributed by atoms with Crippen molar-refractivity contribution in [3.05, 3.63) is 112 Å². The number of para-hydroxylation sites is 1. The summed E-state index contributed by atoms with van der Waals surface area (Å²) in [4.78, 5) is 29.9. The minimum atomic E-state index is -3.91. The van der Waals surface area contributed by atoms with Crippen LogP contribution < -0.4 is 10.0 Å². The Labute approximate surface area is 249 Å². The molecule has 4 aromatic rings. The number of benzene rings is 3. The highest BCUT2D eigenvalue weighted by Gasteiger charge is 2.30. The van der Waals surface area contributed by atoms with E-state index in [4.69, 9.17) is 4.74 Å². The minimum absolute atomic E-state index is 0. The Bertz CT molecular complexity index is 1630. The van der Waals surface area contributed by atoms with Crippen molar-refractivity contribution in [2.24, 2.45) is 0 Å². The van der Waals surface area contributed by atoms with Gasteiger partial charge in [-0.25, -0.2) is 13.2 Å². The number of fused-ring (bicyclic) bond motifs is 1. The molecule has 2 N–H and O–H groups in total. The number of nitrogens with one attached hydrogen (secondary N) is 2. The molecule has 0 saturated heterocycles. The molecule has 0 unspecified atom stereocenters. The number of thiophene rings is 1. The largest absolute Gasteiger partial charge is 0.462 e. The quantitative estimate of drug-likeness (QED) is 0.226. The molecule has 1 aliphatic heterocycles. The van der Waals surface area contributed by atoms with Gasteiger partial charge in [0.1, 0.15) is 5.00 Å². The first kappa shape index (κ1) is 30.3. The molecule has 1 amide bonds. The molecule has 0 spiro atoms. The van der Waals surface area contributed by atoms with Crippen LogP contribution >= 0.6 is 23.7 Å². The predicted octanol–water partition coefficient (Wildman–Crippen LogP) is 5.96. The Morgan fingerprint density at radius 2 is 1.61 bits per heavy atom. The molecule has 3 aromatic carbocycles. The molecular weight excluding hydrogens is 582 g/mol. The van der Waals surface area contributed by atoms with Crippen LogP contribution in [0.15, 0.2) is 89.8 Å². The number of carbonyl (C=O) groups excluding carboxylic acids is 2. The van der Waals surface area contributed by atoms with Gasteiger partial charge in [-0.3, -0.25) is 14.4 Å². The molecule has 1 aromatic heterocycles. The lowest BCUT2D eigenvalue weighted by Gasteiger charge is -2.27. The van der Waals surface area contributed by atoms with Crippen molar-refractivity contribution < 1.29 is 22.7 Å². The summed E-state index contributed by atoms with van der Waals surface area (Å²) in [6.07, 6.45) is 0.649. The number of nitrogens with zero attached hydrogens (tertiary/aromatic N) is 1. The average Bonchev–Trinajstić information content (AvgIpc) is 3.31. The van der Waals surface area contributed by atoms with Crippen LogP contribution in [0.25, 0.3) is 0 Å². The summed E-state index contributed by atoms with van der Waals surface area (Å²) in [5.41, 5.74) is 2.74. The van der Waals surface area contributed by atoms with E-state index in [1.54, 1.807) is 37.3 Å². The molecular formula is C30H30ClN3O5S2. The molecule has 0 saturated carbocycles. The van der Waals surface area contributed by atoms with Gasteiger partial charge in [0.25, 0.3) is 15.9 Å². The van der Waals surface area contributed by atoms with Gasteiger partial charge in [0, 0.05) is 24.5 Å². The van der Waals surface area contributed by atoms with Crippen LogP contribution in [0.1, 0.15) is 43.6 Å². The van der Waals surface area contributed by atoms with Crippen molar-refractivity contribution in [2.75, 3.05) is 23.2 Å². The normalized spacial score (nSPS) is 13.0.